The van der Waals surface area contributed by atoms with Gasteiger partial charge >= 0.3 is 0 Å². The van der Waals surface area contributed by atoms with Gasteiger partial charge in [-0.2, -0.15) is 0 Å². The Bertz CT molecular complexity index is 773. The molecule has 1 spiro atoms. The highest BCUT2D eigenvalue weighted by Gasteiger charge is 2.86. The van der Waals surface area contributed by atoms with Crippen molar-refractivity contribution in [1.82, 2.24) is 0 Å². The predicted octanol–water partition coefficient (Wildman–Crippen LogP) is 4.35. The molecule has 6 rings (SSSR count). The van der Waals surface area contributed by atoms with E-state index >= 15 is 0 Å². The first-order chi connectivity index (χ1) is 9.67. The van der Waals surface area contributed by atoms with E-state index in [-0.39, 0.29) is 5.41 Å². The lowest BCUT2D eigenvalue weighted by atomic mass is 9.74. The van der Waals surface area contributed by atoms with Gasteiger partial charge in [-0.3, -0.25) is 0 Å². The van der Waals surface area contributed by atoms with Gasteiger partial charge in [-0.15, -0.1) is 0 Å². The van der Waals surface area contributed by atoms with Crippen LogP contribution in [0.15, 0.2) is 54.1 Å². The number of hydrogen-bond acceptors (Lipinski definition) is 0. The van der Waals surface area contributed by atoms with Crippen molar-refractivity contribution in [2.24, 2.45) is 29.1 Å². The molecule has 1 aromatic carbocycles. The summed E-state index contributed by atoms with van der Waals surface area (Å²) in [5.41, 5.74) is 7.27. The molecular formula is C20H18. The van der Waals surface area contributed by atoms with E-state index in [1.165, 1.54) is 0 Å². The first-order valence-corrected chi connectivity index (χ1v) is 7.89. The molecule has 0 nitrogen and oxygen atoms in total. The number of fused-ring (bicyclic) bond motifs is 7. The summed E-state index contributed by atoms with van der Waals surface area (Å²) in [4.78, 5) is 0. The van der Waals surface area contributed by atoms with Crippen molar-refractivity contribution in [3.05, 3.63) is 65.3 Å². The first-order valence-electron chi connectivity index (χ1n) is 7.89. The van der Waals surface area contributed by atoms with Crippen molar-refractivity contribution >= 4 is 5.57 Å². The van der Waals surface area contributed by atoms with E-state index in [1.807, 2.05) is 0 Å². The normalized spacial score (nSPS) is 46.5. The Morgan fingerprint density at radius 1 is 1.00 bits per heavy atom. The van der Waals surface area contributed by atoms with Gasteiger partial charge in [0.15, 0.2) is 0 Å². The zero-order valence-electron chi connectivity index (χ0n) is 11.9. The Hall–Kier alpha value is -1.56. The number of hydrogen-bond donors (Lipinski definition) is 0. The Labute approximate surface area is 119 Å². The molecule has 0 radical (unpaired) electrons. The second kappa shape index (κ2) is 2.62. The van der Waals surface area contributed by atoms with Crippen LogP contribution in [0.5, 0.6) is 0 Å². The van der Waals surface area contributed by atoms with E-state index in [0.717, 1.165) is 17.8 Å². The van der Waals surface area contributed by atoms with Gasteiger partial charge in [-0.1, -0.05) is 62.4 Å². The maximum Gasteiger partial charge on any atom is 0.0172 e. The summed E-state index contributed by atoms with van der Waals surface area (Å²) in [6.45, 7) is 4.85. The van der Waals surface area contributed by atoms with Gasteiger partial charge in [-0.25, -0.2) is 0 Å². The largest absolute Gasteiger partial charge is 0.0833 e. The molecule has 98 valence electrons. The maximum absolute atomic E-state index is 2.58. The minimum atomic E-state index is 0.193. The molecule has 5 aliphatic rings. The summed E-state index contributed by atoms with van der Waals surface area (Å²) in [6.07, 6.45) is 10.1. The third kappa shape index (κ3) is 0.790. The highest BCUT2D eigenvalue weighted by atomic mass is 14.9. The average Bonchev–Trinajstić information content (AvgIpc) is 3.21. The third-order valence-electron chi connectivity index (χ3n) is 6.84. The Kier molecular flexibility index (Phi) is 1.34. The topological polar surface area (TPSA) is 0 Å². The summed E-state index contributed by atoms with van der Waals surface area (Å²) in [5, 5.41) is 0. The van der Waals surface area contributed by atoms with Crippen molar-refractivity contribution in [3.63, 3.8) is 0 Å². The molecule has 20 heavy (non-hydrogen) atoms. The molecule has 2 bridgehead atoms. The van der Waals surface area contributed by atoms with Gasteiger partial charge in [0.25, 0.3) is 0 Å². The summed E-state index contributed by atoms with van der Waals surface area (Å²) in [7, 11) is 0. The smallest absolute Gasteiger partial charge is 0.0172 e. The van der Waals surface area contributed by atoms with Gasteiger partial charge in [0.2, 0.25) is 0 Å². The maximum atomic E-state index is 2.58. The molecule has 0 heteroatoms. The number of allylic oxidation sites excluding steroid dienone is 6. The highest BCUT2D eigenvalue weighted by molar-refractivity contribution is 5.88. The number of rotatable bonds is 0. The predicted molar refractivity (Wildman–Crippen MR) is 81.1 cm³/mol. The molecular weight excluding hydrogens is 240 g/mol. The Morgan fingerprint density at radius 3 is 2.75 bits per heavy atom. The van der Waals surface area contributed by atoms with Crippen molar-refractivity contribution in [2.75, 3.05) is 0 Å². The van der Waals surface area contributed by atoms with Gasteiger partial charge in [0.1, 0.15) is 0 Å². The average molecular weight is 258 g/mol. The Morgan fingerprint density at radius 2 is 1.85 bits per heavy atom. The van der Waals surface area contributed by atoms with Gasteiger partial charge in [0, 0.05) is 16.7 Å². The van der Waals surface area contributed by atoms with Crippen LogP contribution in [-0.4, -0.2) is 0 Å². The molecule has 1 aromatic rings. The lowest BCUT2D eigenvalue weighted by Gasteiger charge is -2.29. The Balaban J connectivity index is 1.72. The molecule has 2 fully saturated rings. The molecule has 0 saturated heterocycles. The van der Waals surface area contributed by atoms with Crippen LogP contribution in [0.2, 0.25) is 0 Å². The zero-order valence-corrected chi connectivity index (χ0v) is 11.9. The van der Waals surface area contributed by atoms with Gasteiger partial charge < -0.3 is 0 Å². The molecule has 5 aliphatic carbocycles. The van der Waals surface area contributed by atoms with Crippen molar-refractivity contribution < 1.29 is 0 Å². The quantitative estimate of drug-likeness (QED) is 0.607. The molecule has 5 atom stereocenters. The van der Waals surface area contributed by atoms with Crippen LogP contribution in [0.25, 0.3) is 5.57 Å². The van der Waals surface area contributed by atoms with Crippen molar-refractivity contribution in [2.45, 2.75) is 19.3 Å². The number of benzene rings is 1. The van der Waals surface area contributed by atoms with Crippen LogP contribution in [0.1, 0.15) is 25.0 Å². The van der Waals surface area contributed by atoms with Gasteiger partial charge in [0.05, 0.1) is 0 Å². The lowest BCUT2D eigenvalue weighted by Crippen LogP contribution is -2.22. The van der Waals surface area contributed by atoms with E-state index in [0.29, 0.717) is 11.3 Å². The van der Waals surface area contributed by atoms with E-state index < -0.39 is 0 Å². The second-order valence-corrected chi connectivity index (χ2v) is 7.80. The van der Waals surface area contributed by atoms with E-state index in [4.69, 9.17) is 0 Å². The van der Waals surface area contributed by atoms with Crippen LogP contribution in [0.4, 0.5) is 0 Å². The highest BCUT2D eigenvalue weighted by Crippen LogP contribution is 2.90. The monoisotopic (exact) mass is 258 g/mol. The summed E-state index contributed by atoms with van der Waals surface area (Å²) in [5.74, 6) is 3.14. The van der Waals surface area contributed by atoms with Gasteiger partial charge in [-0.05, 0) is 40.0 Å². The van der Waals surface area contributed by atoms with Crippen LogP contribution < -0.4 is 0 Å². The van der Waals surface area contributed by atoms with Crippen LogP contribution in [0, 0.1) is 29.1 Å². The van der Waals surface area contributed by atoms with Crippen molar-refractivity contribution in [3.8, 4) is 0 Å². The van der Waals surface area contributed by atoms with Crippen LogP contribution >= 0.6 is 0 Å². The molecule has 5 unspecified atom stereocenters. The fourth-order valence-electron chi connectivity index (χ4n) is 5.87. The summed E-state index contributed by atoms with van der Waals surface area (Å²) < 4.78 is 0. The van der Waals surface area contributed by atoms with E-state index in [2.05, 4.69) is 62.4 Å². The molecule has 2 saturated carbocycles. The standard InChI is InChI=1S/C20H18/c1-19(2)13-6-4-3-5-12(13)15-16(19)11-7-8-14-17-18(15)20(14,17)10-9-11/h3-11,14,17-18H,1-2H3. The van der Waals surface area contributed by atoms with Crippen LogP contribution in [0.3, 0.4) is 0 Å². The summed E-state index contributed by atoms with van der Waals surface area (Å²) in [6, 6.07) is 9.15. The van der Waals surface area contributed by atoms with E-state index in [1.54, 1.807) is 22.3 Å². The van der Waals surface area contributed by atoms with E-state index in [9.17, 15) is 0 Å². The fraction of sp³-hybridized carbons (Fsp3) is 0.400. The lowest BCUT2D eigenvalue weighted by molar-refractivity contribution is 0.557. The molecule has 0 amide bonds. The minimum Gasteiger partial charge on any atom is -0.0833 e. The third-order valence-corrected chi connectivity index (χ3v) is 6.84. The van der Waals surface area contributed by atoms with Crippen LogP contribution in [-0.2, 0) is 5.41 Å². The SMILES string of the molecule is CC1(C)C2=C(c3ccccc31)C1C3C4C=CC2C=CC413. The summed E-state index contributed by atoms with van der Waals surface area (Å²) >= 11 is 0. The fourth-order valence-corrected chi connectivity index (χ4v) is 5.87. The minimum absolute atomic E-state index is 0.193. The first kappa shape index (κ1) is 10.2. The molecule has 0 heterocycles. The molecule has 0 aromatic heterocycles. The molecule has 0 aliphatic heterocycles. The second-order valence-electron chi connectivity index (χ2n) is 7.80. The molecule has 0 N–H and O–H groups in total. The zero-order chi connectivity index (χ0) is 13.3. The van der Waals surface area contributed by atoms with Crippen molar-refractivity contribution in [1.29, 1.82) is 0 Å².